The van der Waals surface area contributed by atoms with Crippen molar-refractivity contribution in [1.82, 2.24) is 15.1 Å². The SMILES string of the molecule is CCn1nc(C)c(Cl)c1CC1(CC)CCCCCN1. The van der Waals surface area contributed by atoms with Crippen LogP contribution >= 0.6 is 11.6 Å². The maximum Gasteiger partial charge on any atom is 0.0847 e. The number of nitrogens with zero attached hydrogens (tertiary/aromatic N) is 2. The Labute approximate surface area is 121 Å². The Hall–Kier alpha value is -0.540. The normalized spacial score (nSPS) is 24.4. The molecule has 0 amide bonds. The van der Waals surface area contributed by atoms with Crippen LogP contribution in [0.25, 0.3) is 0 Å². The third-order valence-electron chi connectivity index (χ3n) is 4.47. The maximum absolute atomic E-state index is 6.46. The molecule has 0 spiro atoms. The van der Waals surface area contributed by atoms with Crippen molar-refractivity contribution >= 4 is 11.6 Å². The van der Waals surface area contributed by atoms with Crippen molar-refractivity contribution in [3.05, 3.63) is 16.4 Å². The van der Waals surface area contributed by atoms with Gasteiger partial charge in [-0.05, 0) is 39.7 Å². The van der Waals surface area contributed by atoms with Gasteiger partial charge in [0.25, 0.3) is 0 Å². The predicted molar refractivity (Wildman–Crippen MR) is 80.8 cm³/mol. The van der Waals surface area contributed by atoms with Gasteiger partial charge in [-0.15, -0.1) is 0 Å². The van der Waals surface area contributed by atoms with Crippen molar-refractivity contribution in [1.29, 1.82) is 0 Å². The number of aryl methyl sites for hydroxylation is 2. The van der Waals surface area contributed by atoms with E-state index in [1.165, 1.54) is 31.4 Å². The van der Waals surface area contributed by atoms with Gasteiger partial charge in [0, 0.05) is 18.5 Å². The molecule has 0 aromatic carbocycles. The number of aromatic nitrogens is 2. The van der Waals surface area contributed by atoms with Crippen LogP contribution in [-0.2, 0) is 13.0 Å². The van der Waals surface area contributed by atoms with Crippen molar-refractivity contribution < 1.29 is 0 Å². The van der Waals surface area contributed by atoms with Gasteiger partial charge in [-0.3, -0.25) is 4.68 Å². The molecule has 1 N–H and O–H groups in total. The van der Waals surface area contributed by atoms with Crippen LogP contribution in [0.3, 0.4) is 0 Å². The lowest BCUT2D eigenvalue weighted by atomic mass is 9.85. The van der Waals surface area contributed by atoms with E-state index in [9.17, 15) is 0 Å². The zero-order valence-electron chi connectivity index (χ0n) is 12.4. The summed E-state index contributed by atoms with van der Waals surface area (Å²) in [6.07, 6.45) is 7.34. The van der Waals surface area contributed by atoms with E-state index in [-0.39, 0.29) is 5.54 Å². The minimum atomic E-state index is 0.208. The molecule has 3 nitrogen and oxygen atoms in total. The molecule has 0 radical (unpaired) electrons. The van der Waals surface area contributed by atoms with Crippen LogP contribution in [0.1, 0.15) is 57.3 Å². The van der Waals surface area contributed by atoms with E-state index in [0.717, 1.165) is 36.6 Å². The molecule has 0 aliphatic carbocycles. The second kappa shape index (κ2) is 6.27. The molecule has 1 aromatic rings. The third kappa shape index (κ3) is 3.14. The zero-order valence-corrected chi connectivity index (χ0v) is 13.2. The molecule has 108 valence electrons. The molecule has 0 bridgehead atoms. The fourth-order valence-corrected chi connectivity index (χ4v) is 3.35. The van der Waals surface area contributed by atoms with E-state index < -0.39 is 0 Å². The Balaban J connectivity index is 2.26. The van der Waals surface area contributed by atoms with Gasteiger partial charge < -0.3 is 5.32 Å². The van der Waals surface area contributed by atoms with E-state index in [1.807, 2.05) is 6.92 Å². The fraction of sp³-hybridized carbons (Fsp3) is 0.800. The van der Waals surface area contributed by atoms with Crippen molar-refractivity contribution in [3.63, 3.8) is 0 Å². The average Bonchev–Trinajstić information content (AvgIpc) is 2.63. The summed E-state index contributed by atoms with van der Waals surface area (Å²) in [6, 6.07) is 0. The van der Waals surface area contributed by atoms with Crippen molar-refractivity contribution in [2.45, 2.75) is 71.4 Å². The van der Waals surface area contributed by atoms with Crippen LogP contribution in [-0.4, -0.2) is 21.9 Å². The second-order valence-electron chi connectivity index (χ2n) is 5.71. The summed E-state index contributed by atoms with van der Waals surface area (Å²) in [5.74, 6) is 0. The lowest BCUT2D eigenvalue weighted by molar-refractivity contribution is 0.295. The van der Waals surface area contributed by atoms with Crippen LogP contribution in [0.2, 0.25) is 5.02 Å². The highest BCUT2D eigenvalue weighted by atomic mass is 35.5. The summed E-state index contributed by atoms with van der Waals surface area (Å²) < 4.78 is 2.07. The highest BCUT2D eigenvalue weighted by Crippen LogP contribution is 2.30. The zero-order chi connectivity index (χ0) is 13.9. The van der Waals surface area contributed by atoms with Crippen molar-refractivity contribution in [2.24, 2.45) is 0 Å². The van der Waals surface area contributed by atoms with E-state index >= 15 is 0 Å². The number of nitrogens with one attached hydrogen (secondary N) is 1. The smallest absolute Gasteiger partial charge is 0.0847 e. The van der Waals surface area contributed by atoms with Gasteiger partial charge in [0.15, 0.2) is 0 Å². The molecule has 4 heteroatoms. The molecule has 1 atom stereocenters. The van der Waals surface area contributed by atoms with Crippen LogP contribution in [0.4, 0.5) is 0 Å². The molecule has 1 fully saturated rings. The summed E-state index contributed by atoms with van der Waals surface area (Å²) in [7, 11) is 0. The Kier molecular flexibility index (Phi) is 4.91. The quantitative estimate of drug-likeness (QED) is 0.913. The molecular formula is C15H26ClN3. The monoisotopic (exact) mass is 283 g/mol. The number of hydrogen-bond acceptors (Lipinski definition) is 2. The first-order valence-corrected chi connectivity index (χ1v) is 7.96. The molecule has 19 heavy (non-hydrogen) atoms. The summed E-state index contributed by atoms with van der Waals surface area (Å²) in [4.78, 5) is 0. The van der Waals surface area contributed by atoms with Gasteiger partial charge in [-0.1, -0.05) is 31.4 Å². The van der Waals surface area contributed by atoms with Gasteiger partial charge in [0.05, 0.1) is 16.4 Å². The molecule has 0 saturated carbocycles. The molecule has 1 saturated heterocycles. The van der Waals surface area contributed by atoms with Crippen molar-refractivity contribution in [2.75, 3.05) is 6.54 Å². The molecule has 1 unspecified atom stereocenters. The first kappa shape index (κ1) is 14.9. The third-order valence-corrected chi connectivity index (χ3v) is 4.96. The lowest BCUT2D eigenvalue weighted by Crippen LogP contribution is -2.46. The van der Waals surface area contributed by atoms with E-state index in [2.05, 4.69) is 28.9 Å². The Morgan fingerprint density at radius 2 is 2.11 bits per heavy atom. The summed E-state index contributed by atoms with van der Waals surface area (Å²) in [6.45, 7) is 8.43. The highest BCUT2D eigenvalue weighted by Gasteiger charge is 2.31. The largest absolute Gasteiger partial charge is 0.311 e. The van der Waals surface area contributed by atoms with Crippen LogP contribution < -0.4 is 5.32 Å². The van der Waals surface area contributed by atoms with Gasteiger partial charge in [0.1, 0.15) is 0 Å². The minimum Gasteiger partial charge on any atom is -0.311 e. The summed E-state index contributed by atoms with van der Waals surface area (Å²) >= 11 is 6.46. The van der Waals surface area contributed by atoms with Gasteiger partial charge >= 0.3 is 0 Å². The second-order valence-corrected chi connectivity index (χ2v) is 6.09. The fourth-order valence-electron chi connectivity index (χ4n) is 3.14. The number of hydrogen-bond donors (Lipinski definition) is 1. The minimum absolute atomic E-state index is 0.208. The standard InChI is InChI=1S/C15H26ClN3/c1-4-15(9-7-6-8-10-17-15)11-13-14(16)12(3)18-19(13)5-2/h17H,4-11H2,1-3H3. The Morgan fingerprint density at radius 3 is 2.79 bits per heavy atom. The Morgan fingerprint density at radius 1 is 1.32 bits per heavy atom. The van der Waals surface area contributed by atoms with Crippen LogP contribution in [0.5, 0.6) is 0 Å². The van der Waals surface area contributed by atoms with Gasteiger partial charge in [-0.2, -0.15) is 5.10 Å². The van der Waals surface area contributed by atoms with Crippen LogP contribution in [0.15, 0.2) is 0 Å². The van der Waals surface area contributed by atoms with E-state index in [1.54, 1.807) is 0 Å². The van der Waals surface area contributed by atoms with E-state index in [4.69, 9.17) is 11.6 Å². The predicted octanol–water partition coefficient (Wildman–Crippen LogP) is 3.72. The first-order valence-electron chi connectivity index (χ1n) is 7.58. The maximum atomic E-state index is 6.46. The molecule has 1 aromatic heterocycles. The van der Waals surface area contributed by atoms with Gasteiger partial charge in [0.2, 0.25) is 0 Å². The van der Waals surface area contributed by atoms with E-state index in [0.29, 0.717) is 0 Å². The summed E-state index contributed by atoms with van der Waals surface area (Å²) in [5.41, 5.74) is 2.37. The average molecular weight is 284 g/mol. The van der Waals surface area contributed by atoms with Gasteiger partial charge in [-0.25, -0.2) is 0 Å². The first-order chi connectivity index (χ1) is 9.12. The lowest BCUT2D eigenvalue weighted by Gasteiger charge is -2.33. The summed E-state index contributed by atoms with van der Waals surface area (Å²) in [5, 5.41) is 9.18. The molecule has 2 rings (SSSR count). The Bertz CT molecular complexity index is 417. The molecule has 1 aliphatic heterocycles. The number of rotatable bonds is 4. The molecule has 2 heterocycles. The highest BCUT2D eigenvalue weighted by molar-refractivity contribution is 6.31. The number of halogens is 1. The molecule has 1 aliphatic rings. The van der Waals surface area contributed by atoms with Crippen LogP contribution in [0, 0.1) is 6.92 Å². The topological polar surface area (TPSA) is 29.9 Å². The molecular weight excluding hydrogens is 258 g/mol. The van der Waals surface area contributed by atoms with Crippen molar-refractivity contribution in [3.8, 4) is 0 Å².